The van der Waals surface area contributed by atoms with Crippen LogP contribution in [0.3, 0.4) is 0 Å². The van der Waals surface area contributed by atoms with Crippen LogP contribution in [0.2, 0.25) is 0 Å². The molecule has 0 aliphatic carbocycles. The number of amides is 1. The summed E-state index contributed by atoms with van der Waals surface area (Å²) in [7, 11) is -5.03. The molecule has 6 aromatic rings. The Kier molecular flexibility index (Phi) is 15.5. The zero-order valence-corrected chi connectivity index (χ0v) is 39.6. The third kappa shape index (κ3) is 12.4. The van der Waals surface area contributed by atoms with E-state index in [-0.39, 0.29) is 42.3 Å². The second kappa shape index (κ2) is 20.8. The molecule has 0 saturated heterocycles. The molecule has 0 spiro atoms. The number of nitrogens with one attached hydrogen (secondary N) is 2. The summed E-state index contributed by atoms with van der Waals surface area (Å²) in [4.78, 5) is 17.9. The van der Waals surface area contributed by atoms with Crippen molar-refractivity contribution >= 4 is 47.8 Å². The summed E-state index contributed by atoms with van der Waals surface area (Å²) in [5.74, 6) is 1.56. The van der Waals surface area contributed by atoms with Gasteiger partial charge in [-0.2, -0.15) is 9.10 Å². The fourth-order valence-electron chi connectivity index (χ4n) is 6.44. The molecule has 1 amide bonds. The summed E-state index contributed by atoms with van der Waals surface area (Å²) in [6.07, 6.45) is -0.918. The molecule has 0 radical (unpaired) electrons. The Morgan fingerprint density at radius 2 is 1.35 bits per heavy atom. The fraction of sp³-hybridized carbons (Fsp3) is 0.295. The van der Waals surface area contributed by atoms with Crippen LogP contribution in [0.5, 0.6) is 17.2 Å². The highest BCUT2D eigenvalue weighted by Gasteiger charge is 2.37. The number of alkyl carbamates (subject to hydrolysis) is 1. The molecule has 4 aromatic carbocycles. The van der Waals surface area contributed by atoms with Gasteiger partial charge in [0, 0.05) is 24.2 Å². The van der Waals surface area contributed by atoms with Crippen LogP contribution in [0.25, 0.3) is 22.6 Å². The predicted octanol–water partition coefficient (Wildman–Crippen LogP) is 6.26. The van der Waals surface area contributed by atoms with E-state index in [0.717, 1.165) is 5.56 Å². The van der Waals surface area contributed by atoms with E-state index in [4.69, 9.17) is 18.9 Å². The Bertz CT molecular complexity index is 2760. The SMILES string of the molecule is COc1ccc(CN(Cc2ccc(OC)cc2)S(=O)(=O)c2c(NS(=O)(=O)[C@H](CO)COC(=O)NC(C)(C)C)ccc(-c3cccc(Br)n3)c2-c2nnn(Cc3ccc(OC)cc3)n2)cc1. The number of aromatic nitrogens is 5. The minimum Gasteiger partial charge on any atom is -0.497 e. The van der Waals surface area contributed by atoms with E-state index < -0.39 is 60.7 Å². The van der Waals surface area contributed by atoms with Gasteiger partial charge in [-0.15, -0.1) is 10.2 Å². The van der Waals surface area contributed by atoms with Gasteiger partial charge < -0.3 is 29.4 Å². The van der Waals surface area contributed by atoms with E-state index in [9.17, 15) is 18.3 Å². The molecule has 2 aromatic heterocycles. The molecule has 0 bridgehead atoms. The summed E-state index contributed by atoms with van der Waals surface area (Å²) in [6.45, 7) is 3.10. The molecule has 0 aliphatic rings. The molecule has 3 N–H and O–H groups in total. The van der Waals surface area contributed by atoms with Crippen molar-refractivity contribution in [3.63, 3.8) is 0 Å². The van der Waals surface area contributed by atoms with Crippen molar-refractivity contribution in [2.24, 2.45) is 0 Å². The highest BCUT2D eigenvalue weighted by molar-refractivity contribution is 9.10. The lowest BCUT2D eigenvalue weighted by molar-refractivity contribution is 0.129. The maximum atomic E-state index is 15.9. The maximum absolute atomic E-state index is 15.9. The van der Waals surface area contributed by atoms with Gasteiger partial charge in [0.25, 0.3) is 0 Å². The molecule has 6 rings (SSSR count). The van der Waals surface area contributed by atoms with E-state index in [1.165, 1.54) is 35.5 Å². The van der Waals surface area contributed by atoms with Crippen LogP contribution in [0.15, 0.2) is 113 Å². The first-order valence-electron chi connectivity index (χ1n) is 20.0. The monoisotopic (exact) mass is 992 g/mol. The zero-order valence-electron chi connectivity index (χ0n) is 36.4. The van der Waals surface area contributed by atoms with Crippen LogP contribution in [-0.4, -0.2) is 103 Å². The number of methoxy groups -OCH3 is 3. The molecule has 21 heteroatoms. The van der Waals surface area contributed by atoms with Crippen LogP contribution in [0, 0.1) is 0 Å². The molecule has 2 heterocycles. The summed E-state index contributed by atoms with van der Waals surface area (Å²) < 4.78 is 85.6. The van der Waals surface area contributed by atoms with Crippen LogP contribution >= 0.6 is 15.9 Å². The molecule has 0 saturated carbocycles. The summed E-state index contributed by atoms with van der Waals surface area (Å²) in [5, 5.41) is 24.5. The van der Waals surface area contributed by atoms with Crippen molar-refractivity contribution in [1.82, 2.24) is 34.8 Å². The number of tetrazole rings is 1. The van der Waals surface area contributed by atoms with Crippen molar-refractivity contribution in [1.29, 1.82) is 0 Å². The lowest BCUT2D eigenvalue weighted by Crippen LogP contribution is -2.43. The van der Waals surface area contributed by atoms with Gasteiger partial charge in [0.15, 0.2) is 0 Å². The Balaban J connectivity index is 1.58. The highest BCUT2D eigenvalue weighted by atomic mass is 79.9. The number of hydrogen-bond donors (Lipinski definition) is 3. The lowest BCUT2D eigenvalue weighted by Gasteiger charge is -2.27. The molecule has 18 nitrogen and oxygen atoms in total. The number of carbonyl (C=O) groups is 1. The summed E-state index contributed by atoms with van der Waals surface area (Å²) >= 11 is 3.42. The first kappa shape index (κ1) is 48.3. The maximum Gasteiger partial charge on any atom is 0.407 e. The number of nitrogens with zero attached hydrogens (tertiary/aromatic N) is 6. The molecule has 0 aliphatic heterocycles. The molecule has 0 fully saturated rings. The quantitative estimate of drug-likeness (QED) is 0.0763. The second-order valence-electron chi connectivity index (χ2n) is 15.6. The van der Waals surface area contributed by atoms with Crippen molar-refractivity contribution < 1.29 is 45.7 Å². The van der Waals surface area contributed by atoms with Gasteiger partial charge >= 0.3 is 6.09 Å². The Morgan fingerprint density at radius 1 is 0.800 bits per heavy atom. The minimum atomic E-state index is -4.87. The third-order valence-electron chi connectivity index (χ3n) is 9.71. The number of rotatable bonds is 19. The Hall–Kier alpha value is -6.13. The average Bonchev–Trinajstić information content (AvgIpc) is 3.74. The van der Waals surface area contributed by atoms with E-state index >= 15 is 8.42 Å². The number of sulfonamides is 2. The number of anilines is 1. The number of carbonyl (C=O) groups excluding carboxylic acids is 1. The van der Waals surface area contributed by atoms with Gasteiger partial charge in [0.2, 0.25) is 25.9 Å². The van der Waals surface area contributed by atoms with Gasteiger partial charge in [-0.1, -0.05) is 42.5 Å². The number of halogens is 1. The zero-order chi connectivity index (χ0) is 46.9. The molecular formula is C44H49BrN8O10S2. The number of benzene rings is 4. The van der Waals surface area contributed by atoms with Crippen molar-refractivity contribution in [2.45, 2.75) is 56.1 Å². The standard InChI is InChI=1S/C44H49BrN8O10S2/c1-44(2,3)47-43(55)63-28-35(27-54)64(56,57)50-38-23-22-36(37-8-7-9-39(45)46-37)40(42-48-51-53(49-42)26-31-14-20-34(62-6)21-15-31)41(38)65(58,59)52(24-29-10-16-32(60-4)17-11-29)25-30-12-18-33(61-5)19-13-30/h7-23,35,50,54H,24-28H2,1-6H3,(H,47,55)/t35-/m1/s1. The van der Waals surface area contributed by atoms with Gasteiger partial charge in [-0.3, -0.25) is 4.72 Å². The van der Waals surface area contributed by atoms with E-state index in [1.807, 2.05) is 12.1 Å². The second-order valence-corrected chi connectivity index (χ2v) is 20.2. The van der Waals surface area contributed by atoms with Crippen molar-refractivity contribution in [3.05, 3.63) is 124 Å². The minimum absolute atomic E-state index is 0.123. The number of hydrogen-bond acceptors (Lipinski definition) is 14. The normalized spacial score (nSPS) is 12.4. The number of aliphatic hydroxyl groups excluding tert-OH is 1. The fourth-order valence-corrected chi connectivity index (χ4v) is 9.69. The van der Waals surface area contributed by atoms with Crippen LogP contribution < -0.4 is 24.2 Å². The first-order valence-corrected chi connectivity index (χ1v) is 23.8. The first-order chi connectivity index (χ1) is 30.9. The topological polar surface area (TPSA) is 226 Å². The largest absolute Gasteiger partial charge is 0.497 e. The summed E-state index contributed by atoms with van der Waals surface area (Å²) in [6, 6.07) is 28.6. The molecule has 344 valence electrons. The average molecular weight is 994 g/mol. The van der Waals surface area contributed by atoms with E-state index in [1.54, 1.807) is 107 Å². The Morgan fingerprint density at radius 3 is 1.86 bits per heavy atom. The lowest BCUT2D eigenvalue weighted by atomic mass is 10.0. The van der Waals surface area contributed by atoms with Crippen molar-refractivity contribution in [2.75, 3.05) is 39.3 Å². The van der Waals surface area contributed by atoms with Crippen LogP contribution in [0.4, 0.5) is 10.5 Å². The summed E-state index contributed by atoms with van der Waals surface area (Å²) in [5.41, 5.74) is 1.17. The van der Waals surface area contributed by atoms with E-state index in [2.05, 4.69) is 46.4 Å². The number of ether oxygens (including phenoxy) is 4. The smallest absolute Gasteiger partial charge is 0.407 e. The van der Waals surface area contributed by atoms with Gasteiger partial charge in [-0.25, -0.2) is 26.6 Å². The molecular weight excluding hydrogens is 945 g/mol. The van der Waals surface area contributed by atoms with Gasteiger partial charge in [0.05, 0.1) is 51.4 Å². The molecule has 0 unspecified atom stereocenters. The third-order valence-corrected chi connectivity index (χ3v) is 13.7. The van der Waals surface area contributed by atoms with E-state index in [0.29, 0.717) is 33.0 Å². The predicted molar refractivity (Wildman–Crippen MR) is 246 cm³/mol. The van der Waals surface area contributed by atoms with Gasteiger partial charge in [0.1, 0.15) is 38.6 Å². The number of pyridine rings is 1. The van der Waals surface area contributed by atoms with Crippen molar-refractivity contribution in [3.8, 4) is 39.9 Å². The number of aliphatic hydroxyl groups is 1. The highest BCUT2D eigenvalue weighted by Crippen LogP contribution is 2.42. The van der Waals surface area contributed by atoms with Crippen LogP contribution in [-0.2, 0) is 44.4 Å². The van der Waals surface area contributed by atoms with Gasteiger partial charge in [-0.05, 0) is 119 Å². The molecule has 1 atom stereocenters. The Labute approximate surface area is 386 Å². The molecule has 65 heavy (non-hydrogen) atoms. The van der Waals surface area contributed by atoms with Crippen LogP contribution in [0.1, 0.15) is 37.5 Å².